The van der Waals surface area contributed by atoms with Crippen molar-refractivity contribution >= 4 is 5.69 Å². The van der Waals surface area contributed by atoms with Crippen molar-refractivity contribution in [2.45, 2.75) is 45.3 Å². The maximum Gasteiger partial charge on any atom is 0.0750 e. The number of benzene rings is 1. The van der Waals surface area contributed by atoms with Crippen molar-refractivity contribution < 1.29 is 4.74 Å². The van der Waals surface area contributed by atoms with E-state index in [2.05, 4.69) is 44.0 Å². The average molecular weight is 262 g/mol. The number of anilines is 1. The molecule has 0 bridgehead atoms. The molecule has 2 unspecified atom stereocenters. The Kier molecular flexibility index (Phi) is 4.83. The summed E-state index contributed by atoms with van der Waals surface area (Å²) in [5.74, 6) is 0. The third-order valence-corrected chi connectivity index (χ3v) is 3.81. The standard InChI is InChI=1S/C16H26N2O/c1-12-9-15(7-6-14(12)10-13(2)17)18(3)11-16-5-4-8-19-16/h6-7,9,13,16H,4-5,8,10-11,17H2,1-3H3. The average Bonchev–Trinajstić information content (AvgIpc) is 2.84. The summed E-state index contributed by atoms with van der Waals surface area (Å²) >= 11 is 0. The molecule has 1 aliphatic rings. The SMILES string of the molecule is Cc1cc(N(C)CC2CCCO2)ccc1CC(C)N. The molecule has 2 atom stereocenters. The predicted octanol–water partition coefficient (Wildman–Crippen LogP) is 2.50. The van der Waals surface area contributed by atoms with Crippen LogP contribution >= 0.6 is 0 Å². The van der Waals surface area contributed by atoms with E-state index in [-0.39, 0.29) is 6.04 Å². The predicted molar refractivity (Wildman–Crippen MR) is 80.8 cm³/mol. The van der Waals surface area contributed by atoms with E-state index in [9.17, 15) is 0 Å². The van der Waals surface area contributed by atoms with E-state index in [0.717, 1.165) is 19.6 Å². The molecule has 0 amide bonds. The van der Waals surface area contributed by atoms with Gasteiger partial charge in [0, 0.05) is 31.9 Å². The van der Waals surface area contributed by atoms with Gasteiger partial charge in [-0.15, -0.1) is 0 Å². The molecule has 1 heterocycles. The first kappa shape index (κ1) is 14.4. The van der Waals surface area contributed by atoms with Crippen LogP contribution in [0.5, 0.6) is 0 Å². The normalized spacial score (nSPS) is 20.5. The fourth-order valence-corrected chi connectivity index (χ4v) is 2.69. The van der Waals surface area contributed by atoms with Gasteiger partial charge in [0.25, 0.3) is 0 Å². The molecule has 0 spiro atoms. The van der Waals surface area contributed by atoms with Crippen LogP contribution in [0, 0.1) is 6.92 Å². The fraction of sp³-hybridized carbons (Fsp3) is 0.625. The number of nitrogens with two attached hydrogens (primary N) is 1. The summed E-state index contributed by atoms with van der Waals surface area (Å²) in [7, 11) is 2.14. The molecule has 1 aromatic carbocycles. The Bertz CT molecular complexity index is 411. The molecule has 0 aliphatic carbocycles. The van der Waals surface area contributed by atoms with Crippen molar-refractivity contribution in [3.8, 4) is 0 Å². The minimum atomic E-state index is 0.217. The van der Waals surface area contributed by atoms with E-state index in [1.807, 2.05) is 0 Å². The number of rotatable bonds is 5. The highest BCUT2D eigenvalue weighted by Gasteiger charge is 2.17. The topological polar surface area (TPSA) is 38.5 Å². The molecule has 19 heavy (non-hydrogen) atoms. The summed E-state index contributed by atoms with van der Waals surface area (Å²) in [5, 5.41) is 0. The monoisotopic (exact) mass is 262 g/mol. The quantitative estimate of drug-likeness (QED) is 0.886. The van der Waals surface area contributed by atoms with Gasteiger partial charge in [-0.2, -0.15) is 0 Å². The van der Waals surface area contributed by atoms with Gasteiger partial charge >= 0.3 is 0 Å². The second-order valence-electron chi connectivity index (χ2n) is 5.81. The molecular formula is C16H26N2O. The van der Waals surface area contributed by atoms with Crippen LogP contribution in [-0.4, -0.2) is 32.3 Å². The molecule has 1 aliphatic heterocycles. The molecule has 3 heteroatoms. The summed E-state index contributed by atoms with van der Waals surface area (Å²) in [6, 6.07) is 6.88. The second-order valence-corrected chi connectivity index (χ2v) is 5.81. The lowest BCUT2D eigenvalue weighted by molar-refractivity contribution is 0.116. The molecule has 1 aromatic rings. The lowest BCUT2D eigenvalue weighted by Gasteiger charge is -2.24. The highest BCUT2D eigenvalue weighted by Crippen LogP contribution is 2.21. The van der Waals surface area contributed by atoms with E-state index >= 15 is 0 Å². The minimum absolute atomic E-state index is 0.217. The summed E-state index contributed by atoms with van der Waals surface area (Å²) in [4.78, 5) is 2.29. The number of hydrogen-bond donors (Lipinski definition) is 1. The van der Waals surface area contributed by atoms with Gasteiger partial charge in [-0.05, 0) is 56.4 Å². The summed E-state index contributed by atoms with van der Waals surface area (Å²) in [6.07, 6.45) is 3.73. The van der Waals surface area contributed by atoms with Crippen LogP contribution in [0.4, 0.5) is 5.69 Å². The van der Waals surface area contributed by atoms with Gasteiger partial charge in [0.2, 0.25) is 0 Å². The summed E-state index contributed by atoms with van der Waals surface area (Å²) in [6.45, 7) is 6.12. The highest BCUT2D eigenvalue weighted by atomic mass is 16.5. The van der Waals surface area contributed by atoms with Gasteiger partial charge in [-0.3, -0.25) is 0 Å². The molecule has 1 saturated heterocycles. The Morgan fingerprint density at radius 3 is 2.84 bits per heavy atom. The van der Waals surface area contributed by atoms with Gasteiger partial charge in [-0.25, -0.2) is 0 Å². The number of aryl methyl sites for hydroxylation is 1. The van der Waals surface area contributed by atoms with Gasteiger partial charge in [-0.1, -0.05) is 6.07 Å². The number of hydrogen-bond acceptors (Lipinski definition) is 3. The Morgan fingerprint density at radius 2 is 2.26 bits per heavy atom. The van der Waals surface area contributed by atoms with Crippen molar-refractivity contribution in [2.24, 2.45) is 5.73 Å². The maximum absolute atomic E-state index is 5.87. The zero-order chi connectivity index (χ0) is 13.8. The van der Waals surface area contributed by atoms with Crippen molar-refractivity contribution in [3.05, 3.63) is 29.3 Å². The van der Waals surface area contributed by atoms with E-state index in [1.54, 1.807) is 0 Å². The molecule has 0 radical (unpaired) electrons. The van der Waals surface area contributed by atoms with Gasteiger partial charge in [0.05, 0.1) is 6.10 Å². The minimum Gasteiger partial charge on any atom is -0.376 e. The molecule has 2 rings (SSSR count). The molecule has 2 N–H and O–H groups in total. The Hall–Kier alpha value is -1.06. The van der Waals surface area contributed by atoms with E-state index in [4.69, 9.17) is 10.5 Å². The highest BCUT2D eigenvalue weighted by molar-refractivity contribution is 5.50. The van der Waals surface area contributed by atoms with Crippen LogP contribution in [0.1, 0.15) is 30.9 Å². The van der Waals surface area contributed by atoms with Crippen LogP contribution in [0.2, 0.25) is 0 Å². The lowest BCUT2D eigenvalue weighted by Crippen LogP contribution is -2.28. The molecular weight excluding hydrogens is 236 g/mol. The number of likely N-dealkylation sites (N-methyl/N-ethyl adjacent to an activating group) is 1. The Morgan fingerprint density at radius 1 is 1.47 bits per heavy atom. The van der Waals surface area contributed by atoms with Crippen molar-refractivity contribution in [3.63, 3.8) is 0 Å². The van der Waals surface area contributed by atoms with Gasteiger partial charge in [0.15, 0.2) is 0 Å². The van der Waals surface area contributed by atoms with Crippen LogP contribution in [0.15, 0.2) is 18.2 Å². The lowest BCUT2D eigenvalue weighted by atomic mass is 10.0. The Balaban J connectivity index is 2.01. The Labute approximate surface area is 116 Å². The van der Waals surface area contributed by atoms with Crippen molar-refractivity contribution in [1.29, 1.82) is 0 Å². The summed E-state index contributed by atoms with van der Waals surface area (Å²) in [5.41, 5.74) is 9.82. The van der Waals surface area contributed by atoms with Crippen LogP contribution in [0.3, 0.4) is 0 Å². The maximum atomic E-state index is 5.87. The third-order valence-electron chi connectivity index (χ3n) is 3.81. The van der Waals surface area contributed by atoms with Crippen molar-refractivity contribution in [2.75, 3.05) is 25.1 Å². The molecule has 0 saturated carbocycles. The molecule has 1 fully saturated rings. The van der Waals surface area contributed by atoms with E-state index < -0.39 is 0 Å². The zero-order valence-corrected chi connectivity index (χ0v) is 12.4. The van der Waals surface area contributed by atoms with Crippen LogP contribution in [-0.2, 0) is 11.2 Å². The van der Waals surface area contributed by atoms with Crippen molar-refractivity contribution in [1.82, 2.24) is 0 Å². The zero-order valence-electron chi connectivity index (χ0n) is 12.4. The summed E-state index contributed by atoms with van der Waals surface area (Å²) < 4.78 is 5.69. The molecule has 3 nitrogen and oxygen atoms in total. The van der Waals surface area contributed by atoms with E-state index in [0.29, 0.717) is 6.10 Å². The largest absolute Gasteiger partial charge is 0.376 e. The first-order chi connectivity index (χ1) is 9.06. The smallest absolute Gasteiger partial charge is 0.0750 e. The molecule has 0 aromatic heterocycles. The fourth-order valence-electron chi connectivity index (χ4n) is 2.69. The first-order valence-electron chi connectivity index (χ1n) is 7.24. The number of nitrogens with zero attached hydrogens (tertiary/aromatic N) is 1. The van der Waals surface area contributed by atoms with E-state index in [1.165, 1.54) is 29.7 Å². The van der Waals surface area contributed by atoms with Gasteiger partial charge in [0.1, 0.15) is 0 Å². The third kappa shape index (κ3) is 3.95. The van der Waals surface area contributed by atoms with Gasteiger partial charge < -0.3 is 15.4 Å². The van der Waals surface area contributed by atoms with Crippen LogP contribution < -0.4 is 10.6 Å². The number of ether oxygens (including phenoxy) is 1. The first-order valence-corrected chi connectivity index (χ1v) is 7.24. The molecule has 106 valence electrons. The second kappa shape index (κ2) is 6.40. The van der Waals surface area contributed by atoms with Crippen LogP contribution in [0.25, 0.3) is 0 Å².